The lowest BCUT2D eigenvalue weighted by atomic mass is 10.7. The molecule has 0 aromatic heterocycles. The van der Waals surface area contributed by atoms with Crippen LogP contribution in [0.1, 0.15) is 0 Å². The Kier molecular flexibility index (Phi) is 3.33. The Morgan fingerprint density at radius 3 is 1.78 bits per heavy atom. The zero-order valence-corrected chi connectivity index (χ0v) is 6.84. The molecule has 0 radical (unpaired) electrons. The molecule has 1 N–H and O–H groups in total. The fraction of sp³-hybridized carbons (Fsp3) is 0.500. The van der Waals surface area contributed by atoms with Crippen LogP contribution in [0, 0.1) is 0 Å². The fourth-order valence-corrected chi connectivity index (χ4v) is 0.217. The fourth-order valence-electron chi connectivity index (χ4n) is 0.0723. The Morgan fingerprint density at radius 1 is 1.44 bits per heavy atom. The number of rotatable bonds is 2. The van der Waals surface area contributed by atoms with Crippen LogP contribution in [-0.4, -0.2) is 19.5 Å². The molecule has 0 aromatic rings. The summed E-state index contributed by atoms with van der Waals surface area (Å²) in [5.74, 6) is -1.53. The average Bonchev–Trinajstić information content (AvgIpc) is 1.65. The van der Waals surface area contributed by atoms with Gasteiger partial charge in [-0.2, -0.15) is 0 Å². The Labute approximate surface area is 71.3 Å². The minimum Gasteiger partial charge on any atom is -0.478 e. The Morgan fingerprint density at radius 2 is 1.78 bits per heavy atom. The molecule has 0 atom stereocenters. The van der Waals surface area contributed by atoms with E-state index in [2.05, 4.69) is 0 Å². The zero-order chi connectivity index (χ0) is 7.65. The summed E-state index contributed by atoms with van der Waals surface area (Å²) in [6.07, 6.45) is 0. The molecule has 0 aliphatic rings. The van der Waals surface area contributed by atoms with E-state index in [1.54, 1.807) is 0 Å². The molecule has 0 amide bonds. The van der Waals surface area contributed by atoms with Crippen LogP contribution in [0.3, 0.4) is 0 Å². The summed E-state index contributed by atoms with van der Waals surface area (Å²) in [4.78, 5) is 9.99. The summed E-state index contributed by atoms with van der Waals surface area (Å²) in [6.45, 7) is 0. The third-order valence-corrected chi connectivity index (χ3v) is 1.98. The maximum absolute atomic E-state index is 9.99. The monoisotopic (exact) mass is 211 g/mol. The van der Waals surface area contributed by atoms with Crippen LogP contribution >= 0.6 is 46.8 Å². The van der Waals surface area contributed by atoms with Crippen molar-refractivity contribution in [3.05, 3.63) is 0 Å². The second-order valence-corrected chi connectivity index (χ2v) is 3.22. The van der Waals surface area contributed by atoms with E-state index >= 15 is 0 Å². The maximum Gasteiger partial charge on any atom is 0.358 e. The van der Waals surface area contributed by atoms with Crippen molar-refractivity contribution in [3.8, 4) is 0 Å². The molecular weight excluding hydrogens is 212 g/mol. The standard InChI is InChI=1S/C2HCl4NO2/c3-2(4,1(8)9)7(5)6/h(H,8,9). The number of hydrogen-bond acceptors (Lipinski definition) is 2. The number of nitrogens with zero attached hydrogens (tertiary/aromatic N) is 1. The Balaban J connectivity index is 4.19. The normalized spacial score (nSPS) is 12.1. The topological polar surface area (TPSA) is 40.5 Å². The molecule has 0 aliphatic carbocycles. The van der Waals surface area contributed by atoms with Crippen LogP contribution < -0.4 is 0 Å². The van der Waals surface area contributed by atoms with E-state index in [0.717, 1.165) is 0 Å². The summed E-state index contributed by atoms with van der Waals surface area (Å²) < 4.78 is -2.14. The van der Waals surface area contributed by atoms with E-state index in [4.69, 9.17) is 51.9 Å². The predicted molar refractivity (Wildman–Crippen MR) is 35.6 cm³/mol. The largest absolute Gasteiger partial charge is 0.478 e. The summed E-state index contributed by atoms with van der Waals surface area (Å²) in [6, 6.07) is 0. The van der Waals surface area contributed by atoms with Gasteiger partial charge in [0.05, 0.1) is 0 Å². The SMILES string of the molecule is O=C(O)C(Cl)(Cl)N(Cl)Cl. The minimum absolute atomic E-state index is 0.137. The average molecular weight is 213 g/mol. The van der Waals surface area contributed by atoms with Crippen LogP contribution in [0.25, 0.3) is 0 Å². The molecule has 0 saturated heterocycles. The first-order chi connectivity index (χ1) is 3.89. The first-order valence-corrected chi connectivity index (χ1v) is 3.05. The molecule has 0 aromatic carbocycles. The molecule has 0 unspecified atom stereocenters. The molecule has 0 bridgehead atoms. The summed E-state index contributed by atoms with van der Waals surface area (Å²) in [5, 5.41) is 8.14. The van der Waals surface area contributed by atoms with Crippen molar-refractivity contribution < 1.29 is 9.90 Å². The highest BCUT2D eigenvalue weighted by Gasteiger charge is 2.39. The first kappa shape index (κ1) is 9.59. The van der Waals surface area contributed by atoms with Gasteiger partial charge in [-0.05, 0) is 23.6 Å². The third kappa shape index (κ3) is 2.35. The van der Waals surface area contributed by atoms with Gasteiger partial charge < -0.3 is 5.11 Å². The molecule has 9 heavy (non-hydrogen) atoms. The van der Waals surface area contributed by atoms with Gasteiger partial charge >= 0.3 is 5.97 Å². The number of aliphatic carboxylic acids is 1. The van der Waals surface area contributed by atoms with Gasteiger partial charge in [-0.3, -0.25) is 0 Å². The molecular formula is C2HCl4NO2. The highest BCUT2D eigenvalue weighted by molar-refractivity contribution is 6.61. The van der Waals surface area contributed by atoms with Gasteiger partial charge in [0.2, 0.25) is 0 Å². The Bertz CT molecular complexity index is 124. The number of alkyl halides is 2. The molecule has 0 spiro atoms. The lowest BCUT2D eigenvalue weighted by molar-refractivity contribution is -0.139. The predicted octanol–water partition coefficient (Wildman–Crippen LogP) is 1.81. The van der Waals surface area contributed by atoms with Gasteiger partial charge in [0.25, 0.3) is 4.46 Å². The van der Waals surface area contributed by atoms with Crippen molar-refractivity contribution >= 4 is 52.7 Å². The number of carboxylic acids is 1. The lowest BCUT2D eigenvalue weighted by Gasteiger charge is -2.15. The molecule has 54 valence electrons. The van der Waals surface area contributed by atoms with Gasteiger partial charge in [0.1, 0.15) is 0 Å². The molecule has 0 rings (SSSR count). The van der Waals surface area contributed by atoms with E-state index in [0.29, 0.717) is 0 Å². The first-order valence-electron chi connectivity index (χ1n) is 1.62. The molecule has 0 aliphatic heterocycles. The smallest absolute Gasteiger partial charge is 0.358 e. The van der Waals surface area contributed by atoms with Crippen LogP contribution in [0.2, 0.25) is 0 Å². The van der Waals surface area contributed by atoms with E-state index in [1.165, 1.54) is 0 Å². The van der Waals surface area contributed by atoms with Crippen LogP contribution in [0.4, 0.5) is 0 Å². The number of carbonyl (C=O) groups is 1. The summed E-state index contributed by atoms with van der Waals surface area (Å²) in [7, 11) is 0. The van der Waals surface area contributed by atoms with E-state index < -0.39 is 10.4 Å². The number of halogens is 4. The zero-order valence-electron chi connectivity index (χ0n) is 3.81. The molecule has 0 fully saturated rings. The van der Waals surface area contributed by atoms with Crippen molar-refractivity contribution in [2.45, 2.75) is 4.46 Å². The van der Waals surface area contributed by atoms with Crippen LogP contribution in [0.5, 0.6) is 0 Å². The molecule has 0 saturated carbocycles. The second-order valence-electron chi connectivity index (χ2n) is 1.08. The van der Waals surface area contributed by atoms with Gasteiger partial charge in [0, 0.05) is 0 Å². The van der Waals surface area contributed by atoms with Crippen molar-refractivity contribution in [1.29, 1.82) is 0 Å². The molecule has 0 heterocycles. The quantitative estimate of drug-likeness (QED) is 0.431. The van der Waals surface area contributed by atoms with Crippen LogP contribution in [-0.2, 0) is 4.79 Å². The van der Waals surface area contributed by atoms with Crippen molar-refractivity contribution in [2.75, 3.05) is 0 Å². The Hall–Kier alpha value is 0.590. The summed E-state index contributed by atoms with van der Waals surface area (Å²) >= 11 is 19.9. The number of carboxylic acid groups (broad SMARTS) is 1. The van der Waals surface area contributed by atoms with E-state index in [9.17, 15) is 4.79 Å². The van der Waals surface area contributed by atoms with Crippen molar-refractivity contribution in [3.63, 3.8) is 0 Å². The van der Waals surface area contributed by atoms with E-state index in [-0.39, 0.29) is 3.94 Å². The highest BCUT2D eigenvalue weighted by Crippen LogP contribution is 2.29. The van der Waals surface area contributed by atoms with Gasteiger partial charge in [0.15, 0.2) is 0 Å². The maximum atomic E-state index is 9.99. The molecule has 3 nitrogen and oxygen atoms in total. The summed E-state index contributed by atoms with van der Waals surface area (Å²) in [5.41, 5.74) is 0. The molecule has 7 heteroatoms. The lowest BCUT2D eigenvalue weighted by Crippen LogP contribution is -2.34. The van der Waals surface area contributed by atoms with Crippen LogP contribution in [0.15, 0.2) is 0 Å². The number of hydrogen-bond donors (Lipinski definition) is 1. The third-order valence-electron chi connectivity index (χ3n) is 0.470. The van der Waals surface area contributed by atoms with Gasteiger partial charge in [-0.1, -0.05) is 27.1 Å². The van der Waals surface area contributed by atoms with Crippen molar-refractivity contribution in [2.24, 2.45) is 0 Å². The second kappa shape index (κ2) is 3.12. The minimum atomic E-state index is -2.27. The van der Waals surface area contributed by atoms with E-state index in [1.807, 2.05) is 0 Å². The van der Waals surface area contributed by atoms with Gasteiger partial charge in [-0.15, -0.1) is 0 Å². The van der Waals surface area contributed by atoms with Crippen molar-refractivity contribution in [1.82, 2.24) is 3.94 Å². The van der Waals surface area contributed by atoms with Gasteiger partial charge in [-0.25, -0.2) is 4.79 Å². The highest BCUT2D eigenvalue weighted by atomic mass is 35.6.